The first-order chi connectivity index (χ1) is 8.20. The molecule has 2 atom stereocenters. The Bertz CT molecular complexity index is 355. The molecular formula is C10H14N4O3. The van der Waals surface area contributed by atoms with Crippen LogP contribution in [-0.2, 0) is 14.3 Å². The summed E-state index contributed by atoms with van der Waals surface area (Å²) in [6.07, 6.45) is -0.550. The monoisotopic (exact) mass is 238 g/mol. The van der Waals surface area contributed by atoms with Gasteiger partial charge in [-0.3, -0.25) is 14.9 Å². The highest BCUT2D eigenvalue weighted by atomic mass is 16.5. The van der Waals surface area contributed by atoms with E-state index in [2.05, 4.69) is 10.6 Å². The van der Waals surface area contributed by atoms with Gasteiger partial charge in [-0.25, -0.2) is 0 Å². The van der Waals surface area contributed by atoms with Crippen molar-refractivity contribution < 1.29 is 14.3 Å². The van der Waals surface area contributed by atoms with Gasteiger partial charge in [0, 0.05) is 13.1 Å². The Hall–Kier alpha value is -1.65. The highest BCUT2D eigenvalue weighted by Crippen LogP contribution is 2.06. The molecule has 7 heteroatoms. The first-order valence-electron chi connectivity index (χ1n) is 5.51. The Morgan fingerprint density at radius 2 is 2.41 bits per heavy atom. The number of carbonyl (C=O) groups excluding carboxylic acids is 2. The number of morpholine rings is 1. The molecule has 2 unspecified atom stereocenters. The topological polar surface area (TPSA) is 94.5 Å². The van der Waals surface area contributed by atoms with Gasteiger partial charge in [0.15, 0.2) is 6.10 Å². The van der Waals surface area contributed by atoms with E-state index in [1.165, 1.54) is 0 Å². The molecule has 2 amide bonds. The molecule has 2 aliphatic heterocycles. The molecule has 2 fully saturated rings. The third-order valence-corrected chi connectivity index (χ3v) is 2.83. The van der Waals surface area contributed by atoms with E-state index in [-0.39, 0.29) is 18.4 Å². The van der Waals surface area contributed by atoms with Gasteiger partial charge in [0.25, 0.3) is 0 Å². The molecule has 92 valence electrons. The third kappa shape index (κ3) is 2.72. The predicted octanol–water partition coefficient (Wildman–Crippen LogP) is -2.17. The molecule has 0 bridgehead atoms. The molecule has 0 aromatic rings. The van der Waals surface area contributed by atoms with E-state index >= 15 is 0 Å². The Kier molecular flexibility index (Phi) is 3.56. The first-order valence-corrected chi connectivity index (χ1v) is 5.51. The summed E-state index contributed by atoms with van der Waals surface area (Å²) in [7, 11) is 0. The van der Waals surface area contributed by atoms with Gasteiger partial charge in [-0.1, -0.05) is 0 Å². The van der Waals surface area contributed by atoms with Gasteiger partial charge in [-0.2, -0.15) is 5.26 Å². The van der Waals surface area contributed by atoms with Crippen molar-refractivity contribution in [3.8, 4) is 6.07 Å². The van der Waals surface area contributed by atoms with Crippen LogP contribution in [0, 0.1) is 11.3 Å². The summed E-state index contributed by atoms with van der Waals surface area (Å²) < 4.78 is 5.17. The highest BCUT2D eigenvalue weighted by Gasteiger charge is 2.31. The van der Waals surface area contributed by atoms with Crippen LogP contribution >= 0.6 is 0 Å². The van der Waals surface area contributed by atoms with Crippen molar-refractivity contribution in [1.29, 1.82) is 5.26 Å². The normalized spacial score (nSPS) is 29.4. The molecule has 0 aliphatic carbocycles. The van der Waals surface area contributed by atoms with Gasteiger partial charge in [0.1, 0.15) is 6.04 Å². The van der Waals surface area contributed by atoms with Crippen LogP contribution in [0.15, 0.2) is 0 Å². The Labute approximate surface area is 98.7 Å². The number of nitrogens with one attached hydrogen (secondary N) is 2. The fourth-order valence-electron chi connectivity index (χ4n) is 1.89. The SMILES string of the molecule is N#CC1CN(C(=O)C2CNC(=O)CN2)CCO1. The second kappa shape index (κ2) is 5.12. The minimum Gasteiger partial charge on any atom is -0.360 e. The second-order valence-electron chi connectivity index (χ2n) is 4.01. The van der Waals surface area contributed by atoms with Crippen molar-refractivity contribution in [2.75, 3.05) is 32.8 Å². The number of piperazine rings is 1. The van der Waals surface area contributed by atoms with Crippen LogP contribution < -0.4 is 10.6 Å². The smallest absolute Gasteiger partial charge is 0.241 e. The largest absolute Gasteiger partial charge is 0.360 e. The van der Waals surface area contributed by atoms with E-state index in [4.69, 9.17) is 10.00 Å². The quantitative estimate of drug-likeness (QED) is 0.542. The van der Waals surface area contributed by atoms with Gasteiger partial charge in [-0.05, 0) is 0 Å². The number of ether oxygens (including phenoxy) is 1. The maximum absolute atomic E-state index is 12.1. The average Bonchev–Trinajstić information content (AvgIpc) is 2.39. The lowest BCUT2D eigenvalue weighted by atomic mass is 10.2. The lowest BCUT2D eigenvalue weighted by Crippen LogP contribution is -2.60. The van der Waals surface area contributed by atoms with Crippen molar-refractivity contribution in [1.82, 2.24) is 15.5 Å². The molecule has 0 radical (unpaired) electrons. The van der Waals surface area contributed by atoms with E-state index in [0.29, 0.717) is 26.2 Å². The Morgan fingerprint density at radius 1 is 1.59 bits per heavy atom. The van der Waals surface area contributed by atoms with Crippen LogP contribution in [0.3, 0.4) is 0 Å². The molecule has 0 aromatic heterocycles. The number of hydrogen-bond donors (Lipinski definition) is 2. The summed E-state index contributed by atoms with van der Waals surface area (Å²) >= 11 is 0. The van der Waals surface area contributed by atoms with E-state index in [1.807, 2.05) is 6.07 Å². The van der Waals surface area contributed by atoms with E-state index in [0.717, 1.165) is 0 Å². The van der Waals surface area contributed by atoms with E-state index in [9.17, 15) is 9.59 Å². The van der Waals surface area contributed by atoms with Crippen molar-refractivity contribution >= 4 is 11.8 Å². The van der Waals surface area contributed by atoms with E-state index < -0.39 is 12.1 Å². The molecule has 17 heavy (non-hydrogen) atoms. The fraction of sp³-hybridized carbons (Fsp3) is 0.700. The van der Waals surface area contributed by atoms with Gasteiger partial charge >= 0.3 is 0 Å². The lowest BCUT2D eigenvalue weighted by molar-refractivity contribution is -0.140. The number of rotatable bonds is 1. The predicted molar refractivity (Wildman–Crippen MR) is 56.7 cm³/mol. The average molecular weight is 238 g/mol. The summed E-state index contributed by atoms with van der Waals surface area (Å²) in [6, 6.07) is 1.59. The molecule has 2 aliphatic rings. The third-order valence-electron chi connectivity index (χ3n) is 2.83. The number of nitrogens with zero attached hydrogens (tertiary/aromatic N) is 2. The fourth-order valence-corrected chi connectivity index (χ4v) is 1.89. The number of hydrogen-bond acceptors (Lipinski definition) is 5. The summed E-state index contributed by atoms with van der Waals surface area (Å²) in [4.78, 5) is 24.6. The van der Waals surface area contributed by atoms with Crippen LogP contribution in [0.2, 0.25) is 0 Å². The minimum atomic E-state index is -0.550. The Balaban J connectivity index is 1.91. The van der Waals surface area contributed by atoms with Gasteiger partial charge in [0.2, 0.25) is 11.8 Å². The maximum atomic E-state index is 12.1. The Morgan fingerprint density at radius 3 is 3.06 bits per heavy atom. The highest BCUT2D eigenvalue weighted by molar-refractivity contribution is 5.86. The number of nitriles is 1. The maximum Gasteiger partial charge on any atom is 0.241 e. The summed E-state index contributed by atoms with van der Waals surface area (Å²) in [5.41, 5.74) is 0. The van der Waals surface area contributed by atoms with Crippen LogP contribution in [0.1, 0.15) is 0 Å². The molecule has 2 rings (SSSR count). The summed E-state index contributed by atoms with van der Waals surface area (Å²) in [5, 5.41) is 14.3. The van der Waals surface area contributed by atoms with E-state index in [1.54, 1.807) is 4.90 Å². The lowest BCUT2D eigenvalue weighted by Gasteiger charge is -2.34. The van der Waals surface area contributed by atoms with Crippen LogP contribution in [-0.4, -0.2) is 61.6 Å². The van der Waals surface area contributed by atoms with Gasteiger partial charge in [0.05, 0.1) is 25.8 Å². The van der Waals surface area contributed by atoms with Crippen LogP contribution in [0.4, 0.5) is 0 Å². The molecule has 7 nitrogen and oxygen atoms in total. The molecule has 0 spiro atoms. The first kappa shape index (κ1) is 11.8. The molecule has 2 saturated heterocycles. The molecular weight excluding hydrogens is 224 g/mol. The van der Waals surface area contributed by atoms with Crippen LogP contribution in [0.25, 0.3) is 0 Å². The van der Waals surface area contributed by atoms with Crippen molar-refractivity contribution in [3.05, 3.63) is 0 Å². The zero-order valence-electron chi connectivity index (χ0n) is 9.31. The second-order valence-corrected chi connectivity index (χ2v) is 4.01. The summed E-state index contributed by atoms with van der Waals surface area (Å²) in [5.74, 6) is -0.195. The minimum absolute atomic E-state index is 0.0893. The molecule has 0 saturated carbocycles. The number of amides is 2. The zero-order chi connectivity index (χ0) is 12.3. The van der Waals surface area contributed by atoms with Crippen molar-refractivity contribution in [3.63, 3.8) is 0 Å². The van der Waals surface area contributed by atoms with Gasteiger partial charge in [-0.15, -0.1) is 0 Å². The zero-order valence-corrected chi connectivity index (χ0v) is 9.31. The molecule has 0 aromatic carbocycles. The standard InChI is InChI=1S/C10H14N4O3/c11-3-7-6-14(1-2-17-7)10(16)8-4-13-9(15)5-12-8/h7-8,12H,1-2,4-6H2,(H,13,15). The van der Waals surface area contributed by atoms with Crippen LogP contribution in [0.5, 0.6) is 0 Å². The molecule has 2 N–H and O–H groups in total. The molecule has 2 heterocycles. The summed E-state index contributed by atoms with van der Waals surface area (Å²) in [6.45, 7) is 1.61. The van der Waals surface area contributed by atoms with Crippen molar-refractivity contribution in [2.24, 2.45) is 0 Å². The number of carbonyl (C=O) groups is 2. The van der Waals surface area contributed by atoms with Gasteiger partial charge < -0.3 is 15.0 Å². The van der Waals surface area contributed by atoms with Crippen molar-refractivity contribution in [2.45, 2.75) is 12.1 Å².